The van der Waals surface area contributed by atoms with E-state index in [-0.39, 0.29) is 12.3 Å². The Labute approximate surface area is 76.5 Å². The number of hydrogen-bond acceptors (Lipinski definition) is 4. The molecule has 0 aromatic carbocycles. The Hall–Kier alpha value is -1.14. The maximum absolute atomic E-state index is 11.0. The van der Waals surface area contributed by atoms with Crippen LogP contribution >= 0.6 is 0 Å². The summed E-state index contributed by atoms with van der Waals surface area (Å²) in [5, 5.41) is 13.7. The molecule has 0 radical (unpaired) electrons. The van der Waals surface area contributed by atoms with Gasteiger partial charge in [-0.1, -0.05) is 0 Å². The summed E-state index contributed by atoms with van der Waals surface area (Å²) in [5.41, 5.74) is 4.89. The van der Waals surface area contributed by atoms with E-state index in [2.05, 4.69) is 10.6 Å². The van der Waals surface area contributed by atoms with E-state index in [1.54, 1.807) is 7.05 Å². The molecule has 1 unspecified atom stereocenters. The minimum absolute atomic E-state index is 0.250. The van der Waals surface area contributed by atoms with Gasteiger partial charge in [-0.15, -0.1) is 0 Å². The van der Waals surface area contributed by atoms with E-state index in [1.807, 2.05) is 0 Å². The quantitative estimate of drug-likeness (QED) is 0.372. The zero-order valence-electron chi connectivity index (χ0n) is 7.54. The number of carbonyl (C=O) groups excluding carboxylic acids is 2. The van der Waals surface area contributed by atoms with Crippen LogP contribution in [0.3, 0.4) is 0 Å². The standard InChI is InChI=1S/C7H15N3O3/c1-9-3-2-6(12)10-5(4-11)7(8)13/h5,9,11H,2-4H2,1H3,(H2,8,13)(H,10,12). The van der Waals surface area contributed by atoms with Gasteiger partial charge in [0.1, 0.15) is 6.04 Å². The van der Waals surface area contributed by atoms with E-state index < -0.39 is 18.6 Å². The first kappa shape index (κ1) is 11.9. The minimum Gasteiger partial charge on any atom is -0.394 e. The number of nitrogens with two attached hydrogens (primary N) is 1. The highest BCUT2D eigenvalue weighted by molar-refractivity contribution is 5.86. The molecule has 0 saturated carbocycles. The van der Waals surface area contributed by atoms with E-state index >= 15 is 0 Å². The third-order valence-corrected chi connectivity index (χ3v) is 1.46. The third-order valence-electron chi connectivity index (χ3n) is 1.46. The summed E-state index contributed by atoms with van der Waals surface area (Å²) < 4.78 is 0. The topological polar surface area (TPSA) is 104 Å². The van der Waals surface area contributed by atoms with Crippen LogP contribution in [0.4, 0.5) is 0 Å². The van der Waals surface area contributed by atoms with Gasteiger partial charge in [0.05, 0.1) is 6.61 Å². The monoisotopic (exact) mass is 189 g/mol. The van der Waals surface area contributed by atoms with E-state index in [0.717, 1.165) is 0 Å². The third kappa shape index (κ3) is 5.15. The first-order valence-corrected chi connectivity index (χ1v) is 3.96. The van der Waals surface area contributed by atoms with E-state index in [4.69, 9.17) is 10.8 Å². The van der Waals surface area contributed by atoms with E-state index in [9.17, 15) is 9.59 Å². The Morgan fingerprint density at radius 3 is 2.54 bits per heavy atom. The number of hydrogen-bond donors (Lipinski definition) is 4. The van der Waals surface area contributed by atoms with Crippen LogP contribution in [-0.4, -0.2) is 43.2 Å². The van der Waals surface area contributed by atoms with Gasteiger partial charge >= 0.3 is 0 Å². The molecule has 0 saturated heterocycles. The molecule has 0 aromatic heterocycles. The average molecular weight is 189 g/mol. The normalized spacial score (nSPS) is 12.2. The summed E-state index contributed by atoms with van der Waals surface area (Å²) in [7, 11) is 1.71. The van der Waals surface area contributed by atoms with Gasteiger partial charge in [-0.05, 0) is 7.05 Å². The smallest absolute Gasteiger partial charge is 0.242 e. The van der Waals surface area contributed by atoms with Crippen LogP contribution in [0, 0.1) is 0 Å². The van der Waals surface area contributed by atoms with Gasteiger partial charge in [0, 0.05) is 13.0 Å². The second-order valence-electron chi connectivity index (χ2n) is 2.56. The summed E-state index contributed by atoms with van der Waals surface area (Å²) in [6.07, 6.45) is 0.250. The Kier molecular flexibility index (Phi) is 5.82. The molecule has 76 valence electrons. The lowest BCUT2D eigenvalue weighted by Gasteiger charge is -2.11. The second kappa shape index (κ2) is 6.38. The molecule has 0 fully saturated rings. The highest BCUT2D eigenvalue weighted by atomic mass is 16.3. The van der Waals surface area contributed by atoms with Gasteiger partial charge in [-0.25, -0.2) is 0 Å². The molecule has 0 spiro atoms. The molecule has 2 amide bonds. The molecule has 6 nitrogen and oxygen atoms in total. The molecule has 6 heteroatoms. The van der Waals surface area contributed by atoms with Crippen molar-refractivity contribution in [1.82, 2.24) is 10.6 Å². The molecule has 13 heavy (non-hydrogen) atoms. The van der Waals surface area contributed by atoms with Crippen LogP contribution in [0.5, 0.6) is 0 Å². The number of amides is 2. The molecule has 0 heterocycles. The molecule has 0 aromatic rings. The number of aliphatic hydroxyl groups excluding tert-OH is 1. The summed E-state index contributed by atoms with van der Waals surface area (Å²) in [6, 6.07) is -0.982. The predicted molar refractivity (Wildman–Crippen MR) is 46.8 cm³/mol. The lowest BCUT2D eigenvalue weighted by molar-refractivity contribution is -0.128. The van der Waals surface area contributed by atoms with Gasteiger partial charge in [0.2, 0.25) is 11.8 Å². The second-order valence-corrected chi connectivity index (χ2v) is 2.56. The number of rotatable bonds is 6. The van der Waals surface area contributed by atoms with E-state index in [0.29, 0.717) is 6.54 Å². The summed E-state index contributed by atoms with van der Waals surface area (Å²) >= 11 is 0. The van der Waals surface area contributed by atoms with Gasteiger partial charge in [0.15, 0.2) is 0 Å². The lowest BCUT2D eigenvalue weighted by Crippen LogP contribution is -2.47. The zero-order chi connectivity index (χ0) is 10.3. The van der Waals surface area contributed by atoms with Gasteiger partial charge in [0.25, 0.3) is 0 Å². The predicted octanol–water partition coefficient (Wildman–Crippen LogP) is -2.44. The van der Waals surface area contributed by atoms with Gasteiger partial charge in [-0.3, -0.25) is 9.59 Å². The zero-order valence-corrected chi connectivity index (χ0v) is 7.54. The lowest BCUT2D eigenvalue weighted by atomic mass is 10.3. The molecule has 0 bridgehead atoms. The van der Waals surface area contributed by atoms with Crippen LogP contribution in [0.15, 0.2) is 0 Å². The van der Waals surface area contributed by atoms with Crippen molar-refractivity contribution in [3.8, 4) is 0 Å². The fourth-order valence-electron chi connectivity index (χ4n) is 0.712. The number of primary amides is 1. The Morgan fingerprint density at radius 2 is 2.15 bits per heavy atom. The summed E-state index contributed by atoms with van der Waals surface area (Å²) in [5.74, 6) is -1.05. The van der Waals surface area contributed by atoms with Crippen molar-refractivity contribution < 1.29 is 14.7 Å². The SMILES string of the molecule is CNCCC(=O)NC(CO)C(N)=O. The number of aliphatic hydroxyl groups is 1. The van der Waals surface area contributed by atoms with Crippen LogP contribution in [0.1, 0.15) is 6.42 Å². The Balaban J connectivity index is 3.80. The highest BCUT2D eigenvalue weighted by Crippen LogP contribution is 1.83. The Morgan fingerprint density at radius 1 is 1.54 bits per heavy atom. The fourth-order valence-corrected chi connectivity index (χ4v) is 0.712. The number of carbonyl (C=O) groups is 2. The molecule has 5 N–H and O–H groups in total. The van der Waals surface area contributed by atoms with Crippen LogP contribution in [-0.2, 0) is 9.59 Å². The maximum atomic E-state index is 11.0. The molecule has 0 aliphatic heterocycles. The van der Waals surface area contributed by atoms with Crippen LogP contribution < -0.4 is 16.4 Å². The minimum atomic E-state index is -0.982. The fraction of sp³-hybridized carbons (Fsp3) is 0.714. The molecular weight excluding hydrogens is 174 g/mol. The van der Waals surface area contributed by atoms with Crippen LogP contribution in [0.25, 0.3) is 0 Å². The Bertz CT molecular complexity index is 184. The highest BCUT2D eigenvalue weighted by Gasteiger charge is 2.15. The van der Waals surface area contributed by atoms with Crippen LogP contribution in [0.2, 0.25) is 0 Å². The summed E-state index contributed by atoms with van der Waals surface area (Å²) in [6.45, 7) is 0.0450. The molecule has 1 atom stereocenters. The van der Waals surface area contributed by atoms with Gasteiger partial charge < -0.3 is 21.5 Å². The first-order chi connectivity index (χ1) is 6.11. The van der Waals surface area contributed by atoms with Crippen molar-refractivity contribution in [2.75, 3.05) is 20.2 Å². The molecule has 0 aliphatic rings. The average Bonchev–Trinajstić information content (AvgIpc) is 2.10. The molecule has 0 aliphatic carbocycles. The van der Waals surface area contributed by atoms with Crippen molar-refractivity contribution in [2.24, 2.45) is 5.73 Å². The first-order valence-electron chi connectivity index (χ1n) is 3.96. The largest absolute Gasteiger partial charge is 0.394 e. The van der Waals surface area contributed by atoms with Crippen molar-refractivity contribution >= 4 is 11.8 Å². The molecule has 0 rings (SSSR count). The van der Waals surface area contributed by atoms with Crippen molar-refractivity contribution in [3.63, 3.8) is 0 Å². The maximum Gasteiger partial charge on any atom is 0.242 e. The molecular formula is C7H15N3O3. The van der Waals surface area contributed by atoms with Crippen molar-refractivity contribution in [3.05, 3.63) is 0 Å². The summed E-state index contributed by atoms with van der Waals surface area (Å²) in [4.78, 5) is 21.6. The van der Waals surface area contributed by atoms with E-state index in [1.165, 1.54) is 0 Å². The number of nitrogens with one attached hydrogen (secondary N) is 2. The van der Waals surface area contributed by atoms with Gasteiger partial charge in [-0.2, -0.15) is 0 Å². The van der Waals surface area contributed by atoms with Crippen molar-refractivity contribution in [2.45, 2.75) is 12.5 Å². The van der Waals surface area contributed by atoms with Crippen molar-refractivity contribution in [1.29, 1.82) is 0 Å².